The Morgan fingerprint density at radius 3 is 2.70 bits per heavy atom. The van der Waals surface area contributed by atoms with Crippen molar-refractivity contribution in [2.75, 3.05) is 5.32 Å². The van der Waals surface area contributed by atoms with E-state index in [4.69, 9.17) is 4.74 Å². The van der Waals surface area contributed by atoms with Crippen LogP contribution in [0.5, 0.6) is 0 Å². The third kappa shape index (κ3) is 6.21. The Bertz CT molecular complexity index is 1060. The second-order valence-corrected chi connectivity index (χ2v) is 8.30. The molecule has 1 heterocycles. The number of nitrogens with one attached hydrogen (secondary N) is 2. The predicted octanol–water partition coefficient (Wildman–Crippen LogP) is 5.21. The van der Waals surface area contributed by atoms with Gasteiger partial charge in [0.25, 0.3) is 0 Å². The first-order valence-electron chi connectivity index (χ1n) is 9.17. The lowest BCUT2D eigenvalue weighted by Gasteiger charge is -2.19. The maximum atomic E-state index is 13.5. The fourth-order valence-electron chi connectivity index (χ4n) is 2.51. The number of hydrogen-bond donors (Lipinski definition) is 2. The molecular weight excluding hydrogens is 453 g/mol. The van der Waals surface area contributed by atoms with E-state index in [1.807, 2.05) is 45.0 Å². The van der Waals surface area contributed by atoms with Crippen molar-refractivity contribution in [3.63, 3.8) is 0 Å². The van der Waals surface area contributed by atoms with E-state index in [-0.39, 0.29) is 5.82 Å². The number of rotatable bonds is 5. The molecule has 0 radical (unpaired) electrons. The molecule has 0 saturated heterocycles. The van der Waals surface area contributed by atoms with Gasteiger partial charge in [0, 0.05) is 17.8 Å². The maximum Gasteiger partial charge on any atom is 0.407 e. The molecule has 156 valence electrons. The van der Waals surface area contributed by atoms with Gasteiger partial charge in [-0.25, -0.2) is 19.2 Å². The van der Waals surface area contributed by atoms with Crippen LogP contribution in [-0.4, -0.2) is 26.6 Å². The summed E-state index contributed by atoms with van der Waals surface area (Å²) in [6, 6.07) is 12.0. The number of halogens is 2. The number of hydrogen-bond acceptors (Lipinski definition) is 6. The summed E-state index contributed by atoms with van der Waals surface area (Å²) in [4.78, 5) is 24.5. The fraction of sp³-hybridized carbons (Fsp3) is 0.238. The van der Waals surface area contributed by atoms with Crippen molar-refractivity contribution in [3.8, 4) is 11.4 Å². The average molecular weight is 474 g/mol. The summed E-state index contributed by atoms with van der Waals surface area (Å²) >= 11 is 3.16. The molecule has 1 aromatic heterocycles. The second kappa shape index (κ2) is 9.17. The molecule has 7 nitrogen and oxygen atoms in total. The summed E-state index contributed by atoms with van der Waals surface area (Å²) in [6.45, 7) is 5.75. The Morgan fingerprint density at radius 1 is 1.17 bits per heavy atom. The summed E-state index contributed by atoms with van der Waals surface area (Å²) < 4.78 is 19.0. The molecule has 0 saturated carbocycles. The van der Waals surface area contributed by atoms with E-state index < -0.39 is 11.7 Å². The number of anilines is 2. The van der Waals surface area contributed by atoms with Crippen LogP contribution >= 0.6 is 15.9 Å². The van der Waals surface area contributed by atoms with E-state index in [1.54, 1.807) is 12.1 Å². The van der Waals surface area contributed by atoms with Gasteiger partial charge in [-0.3, -0.25) is 0 Å². The SMILES string of the molecule is CC(C)(C)OC(=O)NCc1cccc(Nc2ncnc(-c3ccc(F)c(Br)c3)n2)c1. The highest BCUT2D eigenvalue weighted by molar-refractivity contribution is 9.10. The molecule has 0 bridgehead atoms. The smallest absolute Gasteiger partial charge is 0.407 e. The van der Waals surface area contributed by atoms with Crippen LogP contribution in [0.2, 0.25) is 0 Å². The Labute approximate surface area is 182 Å². The predicted molar refractivity (Wildman–Crippen MR) is 116 cm³/mol. The molecule has 0 aliphatic carbocycles. The van der Waals surface area contributed by atoms with Crippen molar-refractivity contribution in [2.24, 2.45) is 0 Å². The van der Waals surface area contributed by atoms with Crippen LogP contribution < -0.4 is 10.6 Å². The van der Waals surface area contributed by atoms with Crippen molar-refractivity contribution in [1.82, 2.24) is 20.3 Å². The largest absolute Gasteiger partial charge is 0.444 e. The average Bonchev–Trinajstić information content (AvgIpc) is 2.68. The highest BCUT2D eigenvalue weighted by atomic mass is 79.9. The number of benzene rings is 2. The van der Waals surface area contributed by atoms with E-state index in [0.29, 0.717) is 28.4 Å². The van der Waals surface area contributed by atoms with Crippen molar-refractivity contribution in [1.29, 1.82) is 0 Å². The van der Waals surface area contributed by atoms with E-state index in [9.17, 15) is 9.18 Å². The first-order chi connectivity index (χ1) is 14.2. The van der Waals surface area contributed by atoms with Gasteiger partial charge in [-0.1, -0.05) is 12.1 Å². The summed E-state index contributed by atoms with van der Waals surface area (Å²) in [5.74, 6) is 0.400. The number of nitrogens with zero attached hydrogens (tertiary/aromatic N) is 3. The van der Waals surface area contributed by atoms with Crippen LogP contribution in [0, 0.1) is 5.82 Å². The molecule has 0 unspecified atom stereocenters. The Hall–Kier alpha value is -3.07. The normalized spacial score (nSPS) is 11.1. The topological polar surface area (TPSA) is 89.0 Å². The van der Waals surface area contributed by atoms with Crippen molar-refractivity contribution in [2.45, 2.75) is 32.9 Å². The molecule has 9 heteroatoms. The van der Waals surface area contributed by atoms with Crippen molar-refractivity contribution in [3.05, 3.63) is 64.6 Å². The number of aromatic nitrogens is 3. The molecule has 0 fully saturated rings. The number of carbonyl (C=O) groups excluding carboxylic acids is 1. The van der Waals surface area contributed by atoms with E-state index in [1.165, 1.54) is 12.4 Å². The molecule has 0 aliphatic rings. The van der Waals surface area contributed by atoms with Gasteiger partial charge in [0.15, 0.2) is 5.82 Å². The molecule has 2 aromatic carbocycles. The van der Waals surface area contributed by atoms with Crippen LogP contribution in [0.3, 0.4) is 0 Å². The minimum atomic E-state index is -0.552. The zero-order valence-electron chi connectivity index (χ0n) is 16.7. The molecule has 0 spiro atoms. The number of alkyl carbamates (subject to hydrolysis) is 1. The van der Waals surface area contributed by atoms with Gasteiger partial charge in [0.2, 0.25) is 5.95 Å². The molecule has 3 rings (SSSR count). The van der Waals surface area contributed by atoms with Crippen LogP contribution in [0.25, 0.3) is 11.4 Å². The van der Waals surface area contributed by atoms with E-state index in [2.05, 4.69) is 41.5 Å². The molecule has 3 aromatic rings. The van der Waals surface area contributed by atoms with E-state index >= 15 is 0 Å². The molecule has 1 amide bonds. The minimum absolute atomic E-state index is 0.316. The standard InChI is InChI=1S/C21H21BrFN5O2/c1-21(2,3)30-20(29)24-11-13-5-4-6-15(9-13)27-19-26-12-25-18(28-19)14-7-8-17(23)16(22)10-14/h4-10,12H,11H2,1-3H3,(H,24,29)(H,25,26,27,28). The summed E-state index contributed by atoms with van der Waals surface area (Å²) in [5, 5.41) is 5.84. The van der Waals surface area contributed by atoms with Gasteiger partial charge in [0.05, 0.1) is 4.47 Å². The third-order valence-electron chi connectivity index (χ3n) is 3.77. The lowest BCUT2D eigenvalue weighted by atomic mass is 10.2. The first-order valence-corrected chi connectivity index (χ1v) is 9.96. The van der Waals surface area contributed by atoms with Crippen molar-refractivity contribution < 1.29 is 13.9 Å². The van der Waals surface area contributed by atoms with Gasteiger partial charge < -0.3 is 15.4 Å². The lowest BCUT2D eigenvalue weighted by molar-refractivity contribution is 0.0523. The van der Waals surface area contributed by atoms with Crippen molar-refractivity contribution >= 4 is 33.7 Å². The van der Waals surface area contributed by atoms with Crippen LogP contribution in [-0.2, 0) is 11.3 Å². The number of ether oxygens (including phenoxy) is 1. The summed E-state index contributed by atoms with van der Waals surface area (Å²) in [5.41, 5.74) is 1.73. The fourth-order valence-corrected chi connectivity index (χ4v) is 2.89. The van der Waals surface area contributed by atoms with Crippen LogP contribution in [0.1, 0.15) is 26.3 Å². The van der Waals surface area contributed by atoms with Gasteiger partial charge in [-0.05, 0) is 72.6 Å². The lowest BCUT2D eigenvalue weighted by Crippen LogP contribution is -2.32. The quantitative estimate of drug-likeness (QED) is 0.528. The summed E-state index contributed by atoms with van der Waals surface area (Å²) in [6.07, 6.45) is 0.906. The highest BCUT2D eigenvalue weighted by Gasteiger charge is 2.15. The second-order valence-electron chi connectivity index (χ2n) is 7.44. The summed E-state index contributed by atoms with van der Waals surface area (Å²) in [7, 11) is 0. The Morgan fingerprint density at radius 2 is 1.97 bits per heavy atom. The Kier molecular flexibility index (Phi) is 6.61. The van der Waals surface area contributed by atoms with Gasteiger partial charge in [0.1, 0.15) is 17.7 Å². The van der Waals surface area contributed by atoms with Crippen LogP contribution in [0.4, 0.5) is 20.8 Å². The molecule has 30 heavy (non-hydrogen) atoms. The van der Waals surface area contributed by atoms with Crippen LogP contribution in [0.15, 0.2) is 53.3 Å². The zero-order valence-corrected chi connectivity index (χ0v) is 18.3. The molecule has 0 aliphatic heterocycles. The highest BCUT2D eigenvalue weighted by Crippen LogP contribution is 2.23. The van der Waals surface area contributed by atoms with E-state index in [0.717, 1.165) is 11.3 Å². The Balaban J connectivity index is 1.69. The molecule has 0 atom stereocenters. The number of amides is 1. The maximum absolute atomic E-state index is 13.5. The minimum Gasteiger partial charge on any atom is -0.444 e. The monoisotopic (exact) mass is 473 g/mol. The van der Waals surface area contributed by atoms with Gasteiger partial charge in [-0.2, -0.15) is 4.98 Å². The zero-order chi connectivity index (χ0) is 21.7. The van der Waals surface area contributed by atoms with Gasteiger partial charge >= 0.3 is 6.09 Å². The first kappa shape index (κ1) is 21.6. The third-order valence-corrected chi connectivity index (χ3v) is 4.38. The van der Waals surface area contributed by atoms with Gasteiger partial charge in [-0.15, -0.1) is 0 Å². The molecular formula is C21H21BrFN5O2. The molecule has 2 N–H and O–H groups in total. The number of carbonyl (C=O) groups is 1.